The van der Waals surface area contributed by atoms with Gasteiger partial charge in [0.2, 0.25) is 5.91 Å². The van der Waals surface area contributed by atoms with Crippen LogP contribution in [0.15, 0.2) is 24.3 Å². The molecule has 1 fully saturated rings. The van der Waals surface area contributed by atoms with E-state index in [-0.39, 0.29) is 5.91 Å². The Bertz CT molecular complexity index is 450. The SMILES string of the molecule is CCCC(C)(N)C(=O)Nc1ccc(OCC2CC2)cc1. The lowest BCUT2D eigenvalue weighted by Crippen LogP contribution is -2.48. The number of carbonyl (C=O) groups excluding carboxylic acids is 1. The summed E-state index contributed by atoms with van der Waals surface area (Å²) in [7, 11) is 0. The number of nitrogens with two attached hydrogens (primary N) is 1. The Labute approximate surface area is 120 Å². The molecule has 0 bridgehead atoms. The first kappa shape index (κ1) is 14.9. The molecule has 110 valence electrons. The van der Waals surface area contributed by atoms with Crippen LogP contribution in [0.4, 0.5) is 5.69 Å². The summed E-state index contributed by atoms with van der Waals surface area (Å²) < 4.78 is 5.66. The summed E-state index contributed by atoms with van der Waals surface area (Å²) in [6.07, 6.45) is 4.11. The van der Waals surface area contributed by atoms with E-state index in [0.29, 0.717) is 6.42 Å². The van der Waals surface area contributed by atoms with Crippen LogP contribution in [-0.2, 0) is 4.79 Å². The van der Waals surface area contributed by atoms with Crippen molar-refractivity contribution in [3.05, 3.63) is 24.3 Å². The molecule has 3 N–H and O–H groups in total. The minimum atomic E-state index is -0.824. The lowest BCUT2D eigenvalue weighted by molar-refractivity contribution is -0.120. The zero-order valence-corrected chi connectivity index (χ0v) is 12.3. The molecule has 1 unspecified atom stereocenters. The van der Waals surface area contributed by atoms with Crippen molar-refractivity contribution < 1.29 is 9.53 Å². The van der Waals surface area contributed by atoms with Crippen molar-refractivity contribution in [3.8, 4) is 5.75 Å². The van der Waals surface area contributed by atoms with E-state index in [2.05, 4.69) is 5.32 Å². The van der Waals surface area contributed by atoms with Gasteiger partial charge in [-0.15, -0.1) is 0 Å². The second-order valence-electron chi connectivity index (χ2n) is 5.90. The van der Waals surface area contributed by atoms with Crippen molar-refractivity contribution >= 4 is 11.6 Å². The van der Waals surface area contributed by atoms with Crippen molar-refractivity contribution in [2.75, 3.05) is 11.9 Å². The molecule has 1 saturated carbocycles. The van der Waals surface area contributed by atoms with Crippen LogP contribution in [0.5, 0.6) is 5.75 Å². The number of anilines is 1. The van der Waals surface area contributed by atoms with Crippen LogP contribution in [0.2, 0.25) is 0 Å². The van der Waals surface area contributed by atoms with Gasteiger partial charge >= 0.3 is 0 Å². The van der Waals surface area contributed by atoms with E-state index in [4.69, 9.17) is 10.5 Å². The standard InChI is InChI=1S/C16H24N2O2/c1-3-10-16(2,17)15(19)18-13-6-8-14(9-7-13)20-11-12-4-5-12/h6-9,12H,3-5,10-11,17H2,1-2H3,(H,18,19). The second kappa shape index (κ2) is 6.27. The summed E-state index contributed by atoms with van der Waals surface area (Å²) in [5.74, 6) is 1.44. The number of hydrogen-bond acceptors (Lipinski definition) is 3. The van der Waals surface area contributed by atoms with Gasteiger partial charge in [-0.05, 0) is 56.4 Å². The van der Waals surface area contributed by atoms with Crippen molar-refractivity contribution in [1.29, 1.82) is 0 Å². The molecule has 2 rings (SSSR count). The van der Waals surface area contributed by atoms with E-state index in [0.717, 1.165) is 30.4 Å². The molecule has 1 amide bonds. The number of hydrogen-bond donors (Lipinski definition) is 2. The van der Waals surface area contributed by atoms with E-state index >= 15 is 0 Å². The van der Waals surface area contributed by atoms with Crippen molar-refractivity contribution in [2.45, 2.75) is 45.1 Å². The molecular weight excluding hydrogens is 252 g/mol. The molecule has 1 atom stereocenters. The van der Waals surface area contributed by atoms with Gasteiger partial charge in [0.25, 0.3) is 0 Å². The second-order valence-corrected chi connectivity index (χ2v) is 5.90. The summed E-state index contributed by atoms with van der Waals surface area (Å²) in [6.45, 7) is 4.58. The molecular formula is C16H24N2O2. The molecule has 4 heteroatoms. The number of amides is 1. The van der Waals surface area contributed by atoms with Crippen LogP contribution in [0.1, 0.15) is 39.5 Å². The molecule has 0 aromatic heterocycles. The van der Waals surface area contributed by atoms with E-state index in [1.54, 1.807) is 6.92 Å². The van der Waals surface area contributed by atoms with Gasteiger partial charge in [-0.3, -0.25) is 4.79 Å². The first-order chi connectivity index (χ1) is 9.51. The molecule has 1 aliphatic carbocycles. The highest BCUT2D eigenvalue weighted by Crippen LogP contribution is 2.29. The van der Waals surface area contributed by atoms with Gasteiger partial charge in [0.1, 0.15) is 5.75 Å². The molecule has 0 radical (unpaired) electrons. The predicted octanol–water partition coefficient (Wildman–Crippen LogP) is 2.93. The van der Waals surface area contributed by atoms with E-state index < -0.39 is 5.54 Å². The Balaban J connectivity index is 1.87. The largest absolute Gasteiger partial charge is 0.493 e. The Morgan fingerprint density at radius 1 is 1.40 bits per heavy atom. The van der Waals surface area contributed by atoms with E-state index in [1.165, 1.54) is 12.8 Å². The summed E-state index contributed by atoms with van der Waals surface area (Å²) in [4.78, 5) is 12.1. The van der Waals surface area contributed by atoms with Crippen LogP contribution in [0.25, 0.3) is 0 Å². The Morgan fingerprint density at radius 2 is 2.05 bits per heavy atom. The Kier molecular flexibility index (Phi) is 4.65. The van der Waals surface area contributed by atoms with Gasteiger partial charge in [-0.1, -0.05) is 13.3 Å². The molecule has 0 saturated heterocycles. The van der Waals surface area contributed by atoms with E-state index in [9.17, 15) is 4.79 Å². The number of carbonyl (C=O) groups is 1. The summed E-state index contributed by atoms with van der Waals surface area (Å²) in [5.41, 5.74) is 5.93. The van der Waals surface area contributed by atoms with Crippen molar-refractivity contribution in [1.82, 2.24) is 0 Å². The number of nitrogens with one attached hydrogen (secondary N) is 1. The van der Waals surface area contributed by atoms with Gasteiger partial charge in [0.05, 0.1) is 12.1 Å². The van der Waals surface area contributed by atoms with Crippen LogP contribution in [0.3, 0.4) is 0 Å². The van der Waals surface area contributed by atoms with Gasteiger partial charge in [-0.25, -0.2) is 0 Å². The summed E-state index contributed by atoms with van der Waals surface area (Å²) in [5, 5.41) is 2.85. The van der Waals surface area contributed by atoms with Crippen LogP contribution >= 0.6 is 0 Å². The van der Waals surface area contributed by atoms with E-state index in [1.807, 2.05) is 31.2 Å². The third-order valence-electron chi connectivity index (χ3n) is 3.58. The lowest BCUT2D eigenvalue weighted by Gasteiger charge is -2.22. The van der Waals surface area contributed by atoms with Crippen LogP contribution in [0, 0.1) is 5.92 Å². The molecule has 0 spiro atoms. The minimum Gasteiger partial charge on any atom is -0.493 e. The first-order valence-electron chi connectivity index (χ1n) is 7.34. The highest BCUT2D eigenvalue weighted by molar-refractivity contribution is 5.97. The van der Waals surface area contributed by atoms with Crippen molar-refractivity contribution in [3.63, 3.8) is 0 Å². The highest BCUT2D eigenvalue weighted by atomic mass is 16.5. The first-order valence-corrected chi connectivity index (χ1v) is 7.34. The smallest absolute Gasteiger partial charge is 0.244 e. The monoisotopic (exact) mass is 276 g/mol. The molecule has 0 heterocycles. The number of rotatable bonds is 7. The maximum absolute atomic E-state index is 12.1. The molecule has 4 nitrogen and oxygen atoms in total. The molecule has 1 aliphatic rings. The zero-order chi connectivity index (χ0) is 14.6. The average Bonchev–Trinajstić information content (AvgIpc) is 3.22. The molecule has 20 heavy (non-hydrogen) atoms. The third kappa shape index (κ3) is 4.23. The molecule has 1 aromatic rings. The zero-order valence-electron chi connectivity index (χ0n) is 12.3. The minimum absolute atomic E-state index is 0.147. The predicted molar refractivity (Wildman–Crippen MR) is 80.8 cm³/mol. The average molecular weight is 276 g/mol. The third-order valence-corrected chi connectivity index (χ3v) is 3.58. The fourth-order valence-corrected chi connectivity index (χ4v) is 2.04. The number of ether oxygens (including phenoxy) is 1. The normalized spacial score (nSPS) is 17.4. The van der Waals surface area contributed by atoms with Gasteiger partial charge in [0, 0.05) is 5.69 Å². The summed E-state index contributed by atoms with van der Waals surface area (Å²) in [6, 6.07) is 7.46. The highest BCUT2D eigenvalue weighted by Gasteiger charge is 2.27. The quantitative estimate of drug-likeness (QED) is 0.804. The molecule has 1 aromatic carbocycles. The van der Waals surface area contributed by atoms with Crippen molar-refractivity contribution in [2.24, 2.45) is 11.7 Å². The molecule has 0 aliphatic heterocycles. The maximum Gasteiger partial charge on any atom is 0.244 e. The number of benzene rings is 1. The Hall–Kier alpha value is -1.55. The summed E-state index contributed by atoms with van der Waals surface area (Å²) >= 11 is 0. The van der Waals surface area contributed by atoms with Crippen LogP contribution in [-0.4, -0.2) is 18.1 Å². The van der Waals surface area contributed by atoms with Crippen LogP contribution < -0.4 is 15.8 Å². The van der Waals surface area contributed by atoms with Gasteiger partial charge in [-0.2, -0.15) is 0 Å². The Morgan fingerprint density at radius 3 is 2.60 bits per heavy atom. The fourth-order valence-electron chi connectivity index (χ4n) is 2.04. The van der Waals surface area contributed by atoms with Gasteiger partial charge < -0.3 is 15.8 Å². The van der Waals surface area contributed by atoms with Gasteiger partial charge in [0.15, 0.2) is 0 Å². The fraction of sp³-hybridized carbons (Fsp3) is 0.562. The maximum atomic E-state index is 12.1. The lowest BCUT2D eigenvalue weighted by atomic mass is 9.96. The topological polar surface area (TPSA) is 64.4 Å².